The van der Waals surface area contributed by atoms with Gasteiger partial charge in [0, 0.05) is 16.1 Å². The fourth-order valence-electron chi connectivity index (χ4n) is 7.37. The van der Waals surface area contributed by atoms with Crippen LogP contribution in [0, 0.1) is 17.8 Å². The minimum atomic E-state index is -0.113. The number of aryl methyl sites for hydroxylation is 2. The van der Waals surface area contributed by atoms with Crippen molar-refractivity contribution in [1.82, 2.24) is 5.32 Å². The number of carbonyl (C=O) groups excluding carboxylic acids is 2. The van der Waals surface area contributed by atoms with Gasteiger partial charge in [-0.15, -0.1) is 11.8 Å². The van der Waals surface area contributed by atoms with Gasteiger partial charge in [-0.25, -0.2) is 0 Å². The first-order chi connectivity index (χ1) is 16.1. The van der Waals surface area contributed by atoms with E-state index in [4.69, 9.17) is 0 Å². The first-order valence-electron chi connectivity index (χ1n) is 12.5. The Kier molecular flexibility index (Phi) is 5.48. The van der Waals surface area contributed by atoms with Crippen molar-refractivity contribution in [2.75, 3.05) is 11.1 Å². The summed E-state index contributed by atoms with van der Waals surface area (Å²) in [5.74, 6) is 2.78. The van der Waals surface area contributed by atoms with E-state index in [1.165, 1.54) is 48.6 Å². The van der Waals surface area contributed by atoms with Crippen LogP contribution in [-0.4, -0.2) is 23.1 Å². The van der Waals surface area contributed by atoms with E-state index in [9.17, 15) is 9.59 Å². The molecule has 4 bridgehead atoms. The van der Waals surface area contributed by atoms with Gasteiger partial charge in [-0.3, -0.25) is 9.59 Å². The molecule has 33 heavy (non-hydrogen) atoms. The third-order valence-electron chi connectivity index (χ3n) is 8.29. The molecule has 0 radical (unpaired) electrons. The van der Waals surface area contributed by atoms with Crippen molar-refractivity contribution in [2.45, 2.75) is 68.2 Å². The molecule has 2 N–H and O–H groups in total. The largest absolute Gasteiger partial charge is 0.350 e. The standard InChI is InChI=1S/C28H32N2O2S/c31-26(30-28-14-18-10-19(15-28)12-20(11-18)16-28)17-33-25-7-2-1-6-24(25)27(32)29-23-9-8-21-4-3-5-22(21)13-23/h1-2,6-9,13,18-20H,3-5,10-12,14-17H2,(H,29,32)(H,30,31). The molecule has 5 aliphatic carbocycles. The van der Waals surface area contributed by atoms with E-state index < -0.39 is 0 Å². The number of carbonyl (C=O) groups is 2. The van der Waals surface area contributed by atoms with E-state index in [1.807, 2.05) is 30.3 Å². The minimum Gasteiger partial charge on any atom is -0.350 e. The van der Waals surface area contributed by atoms with Gasteiger partial charge in [0.1, 0.15) is 0 Å². The summed E-state index contributed by atoms with van der Waals surface area (Å²) in [4.78, 5) is 26.9. The predicted octanol–water partition coefficient (Wildman–Crippen LogP) is 5.60. The highest BCUT2D eigenvalue weighted by molar-refractivity contribution is 8.00. The number of fused-ring (bicyclic) bond motifs is 1. The van der Waals surface area contributed by atoms with E-state index in [0.717, 1.165) is 60.4 Å². The molecule has 5 aliphatic rings. The third kappa shape index (κ3) is 4.32. The summed E-state index contributed by atoms with van der Waals surface area (Å²) in [5, 5.41) is 6.51. The van der Waals surface area contributed by atoms with Crippen molar-refractivity contribution in [3.05, 3.63) is 59.2 Å². The average molecular weight is 461 g/mol. The van der Waals surface area contributed by atoms with Crippen LogP contribution in [0.1, 0.15) is 66.4 Å². The lowest BCUT2D eigenvalue weighted by Gasteiger charge is -2.56. The van der Waals surface area contributed by atoms with Gasteiger partial charge in [0.15, 0.2) is 0 Å². The van der Waals surface area contributed by atoms with Gasteiger partial charge >= 0.3 is 0 Å². The van der Waals surface area contributed by atoms with Crippen LogP contribution in [0.4, 0.5) is 5.69 Å². The third-order valence-corrected chi connectivity index (χ3v) is 9.36. The molecular formula is C28H32N2O2S. The van der Waals surface area contributed by atoms with Crippen molar-refractivity contribution in [3.8, 4) is 0 Å². The van der Waals surface area contributed by atoms with Crippen LogP contribution in [-0.2, 0) is 17.6 Å². The van der Waals surface area contributed by atoms with Gasteiger partial charge in [0.05, 0.1) is 11.3 Å². The average Bonchev–Trinajstić information content (AvgIpc) is 3.24. The Labute approximate surface area is 200 Å². The van der Waals surface area contributed by atoms with Crippen LogP contribution >= 0.6 is 11.8 Å². The summed E-state index contributed by atoms with van der Waals surface area (Å²) in [5.41, 5.74) is 4.26. The molecule has 2 aromatic carbocycles. The summed E-state index contributed by atoms with van der Waals surface area (Å²) in [6.45, 7) is 0. The fourth-order valence-corrected chi connectivity index (χ4v) is 8.22. The zero-order valence-electron chi connectivity index (χ0n) is 19.1. The molecule has 7 rings (SSSR count). The van der Waals surface area contributed by atoms with E-state index in [0.29, 0.717) is 11.3 Å². The quantitative estimate of drug-likeness (QED) is 0.551. The van der Waals surface area contributed by atoms with Gasteiger partial charge in [-0.05, 0) is 111 Å². The topological polar surface area (TPSA) is 58.2 Å². The molecular weight excluding hydrogens is 428 g/mol. The van der Waals surface area contributed by atoms with E-state index >= 15 is 0 Å². The molecule has 4 fully saturated rings. The lowest BCUT2D eigenvalue weighted by molar-refractivity contribution is -0.124. The van der Waals surface area contributed by atoms with Crippen LogP contribution in [0.25, 0.3) is 0 Å². The van der Waals surface area contributed by atoms with Crippen molar-refractivity contribution in [3.63, 3.8) is 0 Å². The second kappa shape index (κ2) is 8.50. The molecule has 4 saturated carbocycles. The van der Waals surface area contributed by atoms with Crippen molar-refractivity contribution in [2.24, 2.45) is 17.8 Å². The van der Waals surface area contributed by atoms with Crippen molar-refractivity contribution >= 4 is 29.3 Å². The van der Waals surface area contributed by atoms with Gasteiger partial charge < -0.3 is 10.6 Å². The number of benzene rings is 2. The highest BCUT2D eigenvalue weighted by atomic mass is 32.2. The van der Waals surface area contributed by atoms with Crippen LogP contribution in [0.15, 0.2) is 47.4 Å². The van der Waals surface area contributed by atoms with E-state index in [-0.39, 0.29) is 17.4 Å². The number of amides is 2. The normalized spacial score (nSPS) is 29.0. The monoisotopic (exact) mass is 460 g/mol. The number of thioether (sulfide) groups is 1. The van der Waals surface area contributed by atoms with Crippen LogP contribution in [0.3, 0.4) is 0 Å². The van der Waals surface area contributed by atoms with E-state index in [1.54, 1.807) is 0 Å². The van der Waals surface area contributed by atoms with Crippen LogP contribution < -0.4 is 10.6 Å². The highest BCUT2D eigenvalue weighted by Crippen LogP contribution is 2.55. The maximum Gasteiger partial charge on any atom is 0.256 e. The Morgan fingerprint density at radius 3 is 2.36 bits per heavy atom. The SMILES string of the molecule is O=C(CSc1ccccc1C(=O)Nc1ccc2c(c1)CCC2)NC12CC3CC(CC(C3)C1)C2. The Morgan fingerprint density at radius 2 is 1.61 bits per heavy atom. The lowest BCUT2D eigenvalue weighted by atomic mass is 9.53. The number of nitrogens with one attached hydrogen (secondary N) is 2. The number of anilines is 1. The minimum absolute atomic E-state index is 0.0385. The molecule has 4 nitrogen and oxygen atoms in total. The number of hydrogen-bond acceptors (Lipinski definition) is 3. The Morgan fingerprint density at radius 1 is 0.909 bits per heavy atom. The van der Waals surface area contributed by atoms with Gasteiger partial charge in [0.25, 0.3) is 5.91 Å². The summed E-state index contributed by atoms with van der Waals surface area (Å²) < 4.78 is 0. The van der Waals surface area contributed by atoms with Crippen LogP contribution in [0.2, 0.25) is 0 Å². The molecule has 5 heteroatoms. The summed E-state index contributed by atoms with van der Waals surface area (Å²) >= 11 is 1.47. The maximum atomic E-state index is 13.1. The Balaban J connectivity index is 1.10. The van der Waals surface area contributed by atoms with Gasteiger partial charge in [-0.2, -0.15) is 0 Å². The molecule has 0 aromatic heterocycles. The molecule has 0 spiro atoms. The molecule has 0 heterocycles. The summed E-state index contributed by atoms with van der Waals surface area (Å²) in [7, 11) is 0. The zero-order chi connectivity index (χ0) is 22.4. The Bertz CT molecular complexity index is 1060. The zero-order valence-corrected chi connectivity index (χ0v) is 19.9. The molecule has 0 aliphatic heterocycles. The van der Waals surface area contributed by atoms with Crippen molar-refractivity contribution < 1.29 is 9.59 Å². The van der Waals surface area contributed by atoms with Gasteiger partial charge in [0.2, 0.25) is 5.91 Å². The molecule has 2 aromatic rings. The number of hydrogen-bond donors (Lipinski definition) is 2. The molecule has 2 amide bonds. The molecule has 172 valence electrons. The summed E-state index contributed by atoms with van der Waals surface area (Å²) in [6.07, 6.45) is 11.0. The second-order valence-corrected chi connectivity index (χ2v) is 11.8. The molecule has 0 unspecified atom stereocenters. The lowest BCUT2D eigenvalue weighted by Crippen LogP contribution is -2.60. The van der Waals surface area contributed by atoms with E-state index in [2.05, 4.69) is 22.8 Å². The van der Waals surface area contributed by atoms with Crippen LogP contribution in [0.5, 0.6) is 0 Å². The highest BCUT2D eigenvalue weighted by Gasteiger charge is 2.51. The summed E-state index contributed by atoms with van der Waals surface area (Å²) in [6, 6.07) is 13.9. The van der Waals surface area contributed by atoms with Gasteiger partial charge in [-0.1, -0.05) is 18.2 Å². The predicted molar refractivity (Wildman–Crippen MR) is 133 cm³/mol. The first kappa shape index (κ1) is 21.3. The molecule has 0 saturated heterocycles. The fraction of sp³-hybridized carbons (Fsp3) is 0.500. The number of rotatable bonds is 6. The molecule has 0 atom stereocenters. The first-order valence-corrected chi connectivity index (χ1v) is 13.5. The van der Waals surface area contributed by atoms with Crippen molar-refractivity contribution in [1.29, 1.82) is 0 Å². The second-order valence-electron chi connectivity index (χ2n) is 10.8. The smallest absolute Gasteiger partial charge is 0.256 e. The Hall–Kier alpha value is -2.27. The maximum absolute atomic E-state index is 13.1.